The van der Waals surface area contributed by atoms with Crippen LogP contribution in [0.5, 0.6) is 0 Å². The fraction of sp³-hybridized carbons (Fsp3) is 0.250. The van der Waals surface area contributed by atoms with E-state index < -0.39 is 0 Å². The van der Waals surface area contributed by atoms with Crippen LogP contribution in [0.25, 0.3) is 11.4 Å². The minimum absolute atomic E-state index is 0.0194. The Labute approximate surface area is 109 Å². The highest BCUT2D eigenvalue weighted by atomic mass is 35.5. The summed E-state index contributed by atoms with van der Waals surface area (Å²) in [6.45, 7) is 2.07. The van der Waals surface area contributed by atoms with Crippen molar-refractivity contribution in [2.45, 2.75) is 13.3 Å². The van der Waals surface area contributed by atoms with Crippen LogP contribution in [0, 0.1) is 0 Å². The maximum atomic E-state index is 11.2. The number of halogens is 1. The number of aromatic nitrogens is 2. The van der Waals surface area contributed by atoms with Crippen molar-refractivity contribution in [1.82, 2.24) is 10.1 Å². The largest absolute Gasteiger partial charge is 0.466 e. The van der Waals surface area contributed by atoms with E-state index >= 15 is 0 Å². The quantitative estimate of drug-likeness (QED) is 0.796. The van der Waals surface area contributed by atoms with E-state index in [1.54, 1.807) is 31.2 Å². The first-order chi connectivity index (χ1) is 8.69. The van der Waals surface area contributed by atoms with Gasteiger partial charge in [-0.3, -0.25) is 4.79 Å². The molecule has 1 aromatic heterocycles. The lowest BCUT2D eigenvalue weighted by molar-refractivity contribution is -0.142. The smallest absolute Gasteiger partial charge is 0.315 e. The maximum Gasteiger partial charge on any atom is 0.315 e. The predicted molar refractivity (Wildman–Crippen MR) is 65.1 cm³/mol. The Kier molecular flexibility index (Phi) is 3.94. The van der Waals surface area contributed by atoms with Gasteiger partial charge >= 0.3 is 5.97 Å². The number of nitrogens with zero attached hydrogens (tertiary/aromatic N) is 2. The number of hydrogen-bond donors (Lipinski definition) is 0. The molecule has 2 rings (SSSR count). The molecule has 0 aliphatic rings. The first kappa shape index (κ1) is 12.6. The second-order valence-corrected chi connectivity index (χ2v) is 3.94. The molecule has 0 amide bonds. The van der Waals surface area contributed by atoms with Gasteiger partial charge in [-0.25, -0.2) is 0 Å². The molecular formula is C12H11ClN2O3. The van der Waals surface area contributed by atoms with E-state index in [0.29, 0.717) is 17.5 Å². The molecule has 5 nitrogen and oxygen atoms in total. The molecule has 0 atom stereocenters. The Balaban J connectivity index is 2.10. The van der Waals surface area contributed by atoms with Crippen LogP contribution < -0.4 is 0 Å². The fourth-order valence-corrected chi connectivity index (χ4v) is 1.50. The standard InChI is InChI=1S/C12H11ClN2O3/c1-2-17-11(16)7-10-14-12(15-18-10)8-3-5-9(13)6-4-8/h3-6H,2,7H2,1H3. The van der Waals surface area contributed by atoms with E-state index in [-0.39, 0.29) is 18.3 Å². The number of benzene rings is 1. The van der Waals surface area contributed by atoms with Crippen molar-refractivity contribution in [1.29, 1.82) is 0 Å². The zero-order chi connectivity index (χ0) is 13.0. The van der Waals surface area contributed by atoms with Crippen LogP contribution in [-0.2, 0) is 16.0 Å². The zero-order valence-electron chi connectivity index (χ0n) is 9.72. The summed E-state index contributed by atoms with van der Waals surface area (Å²) in [6, 6.07) is 7.03. The Morgan fingerprint density at radius 2 is 2.11 bits per heavy atom. The fourth-order valence-electron chi connectivity index (χ4n) is 1.38. The molecule has 0 aliphatic heterocycles. The minimum Gasteiger partial charge on any atom is -0.466 e. The molecule has 94 valence electrons. The SMILES string of the molecule is CCOC(=O)Cc1nc(-c2ccc(Cl)cc2)no1. The molecule has 6 heteroatoms. The van der Waals surface area contributed by atoms with Crippen molar-refractivity contribution >= 4 is 17.6 Å². The van der Waals surface area contributed by atoms with Crippen molar-refractivity contribution in [2.24, 2.45) is 0 Å². The third kappa shape index (κ3) is 3.07. The van der Waals surface area contributed by atoms with Gasteiger partial charge in [0.05, 0.1) is 6.61 Å². The molecule has 0 N–H and O–H groups in total. The number of esters is 1. The number of ether oxygens (including phenoxy) is 1. The van der Waals surface area contributed by atoms with Gasteiger partial charge in [-0.1, -0.05) is 16.8 Å². The van der Waals surface area contributed by atoms with Gasteiger partial charge in [0, 0.05) is 10.6 Å². The topological polar surface area (TPSA) is 65.2 Å². The number of rotatable bonds is 4. The van der Waals surface area contributed by atoms with Crippen LogP contribution in [0.1, 0.15) is 12.8 Å². The van der Waals surface area contributed by atoms with Gasteiger partial charge in [0.15, 0.2) is 0 Å². The van der Waals surface area contributed by atoms with Gasteiger partial charge in [-0.15, -0.1) is 0 Å². The monoisotopic (exact) mass is 266 g/mol. The van der Waals surface area contributed by atoms with Gasteiger partial charge in [0.25, 0.3) is 0 Å². The van der Waals surface area contributed by atoms with E-state index in [9.17, 15) is 4.79 Å². The number of hydrogen-bond acceptors (Lipinski definition) is 5. The summed E-state index contributed by atoms with van der Waals surface area (Å²) < 4.78 is 9.76. The maximum absolute atomic E-state index is 11.2. The molecule has 0 aliphatic carbocycles. The Morgan fingerprint density at radius 3 is 2.78 bits per heavy atom. The van der Waals surface area contributed by atoms with E-state index in [4.69, 9.17) is 20.9 Å². The summed E-state index contributed by atoms with van der Waals surface area (Å²) in [5.41, 5.74) is 0.776. The molecular weight excluding hydrogens is 256 g/mol. The van der Waals surface area contributed by atoms with Crippen molar-refractivity contribution in [2.75, 3.05) is 6.61 Å². The Bertz CT molecular complexity index is 537. The van der Waals surface area contributed by atoms with Gasteiger partial charge in [0.1, 0.15) is 6.42 Å². The van der Waals surface area contributed by atoms with Crippen LogP contribution in [0.2, 0.25) is 5.02 Å². The van der Waals surface area contributed by atoms with E-state index in [2.05, 4.69) is 10.1 Å². The second-order valence-electron chi connectivity index (χ2n) is 3.50. The van der Waals surface area contributed by atoms with Gasteiger partial charge < -0.3 is 9.26 Å². The molecule has 0 spiro atoms. The highest BCUT2D eigenvalue weighted by molar-refractivity contribution is 6.30. The number of carbonyl (C=O) groups is 1. The lowest BCUT2D eigenvalue weighted by atomic mass is 10.2. The van der Waals surface area contributed by atoms with Gasteiger partial charge in [-0.05, 0) is 31.2 Å². The average molecular weight is 267 g/mol. The molecule has 0 bridgehead atoms. The molecule has 0 unspecified atom stereocenters. The normalized spacial score (nSPS) is 10.3. The van der Waals surface area contributed by atoms with Gasteiger partial charge in [-0.2, -0.15) is 4.98 Å². The molecule has 18 heavy (non-hydrogen) atoms. The van der Waals surface area contributed by atoms with Crippen molar-refractivity contribution in [3.63, 3.8) is 0 Å². The summed E-state index contributed by atoms with van der Waals surface area (Å²) in [6.07, 6.45) is -0.0194. The van der Waals surface area contributed by atoms with Crippen LogP contribution in [0.4, 0.5) is 0 Å². The van der Waals surface area contributed by atoms with Gasteiger partial charge in [0.2, 0.25) is 11.7 Å². The highest BCUT2D eigenvalue weighted by Crippen LogP contribution is 2.18. The van der Waals surface area contributed by atoms with E-state index in [0.717, 1.165) is 5.56 Å². The summed E-state index contributed by atoms with van der Waals surface area (Å²) in [4.78, 5) is 15.3. The summed E-state index contributed by atoms with van der Waals surface area (Å²) in [5.74, 6) is 0.271. The Morgan fingerprint density at radius 1 is 1.39 bits per heavy atom. The first-order valence-corrected chi connectivity index (χ1v) is 5.81. The van der Waals surface area contributed by atoms with Crippen molar-refractivity contribution < 1.29 is 14.1 Å². The molecule has 0 saturated carbocycles. The first-order valence-electron chi connectivity index (χ1n) is 5.43. The molecule has 1 aromatic carbocycles. The van der Waals surface area contributed by atoms with Crippen LogP contribution >= 0.6 is 11.6 Å². The van der Waals surface area contributed by atoms with Crippen LogP contribution in [-0.4, -0.2) is 22.7 Å². The van der Waals surface area contributed by atoms with Crippen LogP contribution in [0.15, 0.2) is 28.8 Å². The Hall–Kier alpha value is -1.88. The predicted octanol–water partition coefficient (Wildman–Crippen LogP) is 2.50. The third-order valence-electron chi connectivity index (χ3n) is 2.17. The summed E-state index contributed by atoms with van der Waals surface area (Å²) in [7, 11) is 0. The van der Waals surface area contributed by atoms with Crippen molar-refractivity contribution in [3.05, 3.63) is 35.2 Å². The molecule has 1 heterocycles. The van der Waals surface area contributed by atoms with Crippen molar-refractivity contribution in [3.8, 4) is 11.4 Å². The van der Waals surface area contributed by atoms with E-state index in [1.165, 1.54) is 0 Å². The molecule has 0 saturated heterocycles. The number of carbonyl (C=O) groups excluding carboxylic acids is 1. The van der Waals surface area contributed by atoms with Crippen LogP contribution in [0.3, 0.4) is 0 Å². The molecule has 0 fully saturated rings. The van der Waals surface area contributed by atoms with E-state index in [1.807, 2.05) is 0 Å². The summed E-state index contributed by atoms with van der Waals surface area (Å²) in [5, 5.41) is 4.43. The zero-order valence-corrected chi connectivity index (χ0v) is 10.5. The lowest BCUT2D eigenvalue weighted by Crippen LogP contribution is -2.07. The highest BCUT2D eigenvalue weighted by Gasteiger charge is 2.12. The molecule has 2 aromatic rings. The molecule has 0 radical (unpaired) electrons. The lowest BCUT2D eigenvalue weighted by Gasteiger charge is -1.96. The minimum atomic E-state index is -0.385. The third-order valence-corrected chi connectivity index (χ3v) is 2.42. The second kappa shape index (κ2) is 5.64. The average Bonchev–Trinajstić information content (AvgIpc) is 2.78. The summed E-state index contributed by atoms with van der Waals surface area (Å²) >= 11 is 5.78.